The fourth-order valence-corrected chi connectivity index (χ4v) is 3.17. The van der Waals surface area contributed by atoms with Crippen LogP contribution in [0.5, 0.6) is 0 Å². The summed E-state index contributed by atoms with van der Waals surface area (Å²) in [6.07, 6.45) is 4.85. The van der Waals surface area contributed by atoms with Crippen LogP contribution < -0.4 is 15.5 Å². The van der Waals surface area contributed by atoms with E-state index < -0.39 is 0 Å². The van der Waals surface area contributed by atoms with Crippen LogP contribution in [-0.4, -0.2) is 37.7 Å². The largest absolute Gasteiger partial charge is 0.376 e. The molecule has 1 unspecified atom stereocenters. The third-order valence-electron chi connectivity index (χ3n) is 4.51. The van der Waals surface area contributed by atoms with E-state index in [9.17, 15) is 9.59 Å². The second-order valence-corrected chi connectivity index (χ2v) is 6.37. The van der Waals surface area contributed by atoms with Gasteiger partial charge in [0.1, 0.15) is 0 Å². The Balaban J connectivity index is 1.49. The molecule has 0 radical (unpaired) electrons. The maximum atomic E-state index is 12.0. The third-order valence-corrected chi connectivity index (χ3v) is 4.51. The molecule has 6 heteroatoms. The minimum absolute atomic E-state index is 0.143. The number of nitrogens with one attached hydrogen (secondary N) is 2. The van der Waals surface area contributed by atoms with Gasteiger partial charge in [0.05, 0.1) is 6.10 Å². The monoisotopic (exact) mass is 331 g/mol. The number of rotatable bonds is 5. The number of hydrogen-bond donors (Lipinski definition) is 2. The van der Waals surface area contributed by atoms with Gasteiger partial charge in [-0.15, -0.1) is 0 Å². The van der Waals surface area contributed by atoms with Gasteiger partial charge in [-0.2, -0.15) is 0 Å². The number of carbonyl (C=O) groups excluding carboxylic acids is 2. The van der Waals surface area contributed by atoms with Gasteiger partial charge in [-0.05, 0) is 43.4 Å². The minimum atomic E-state index is -0.190. The summed E-state index contributed by atoms with van der Waals surface area (Å²) in [7, 11) is 0. The fraction of sp³-hybridized carbons (Fsp3) is 0.556. The van der Waals surface area contributed by atoms with E-state index in [0.717, 1.165) is 50.1 Å². The molecule has 0 bridgehead atoms. The highest BCUT2D eigenvalue weighted by Crippen LogP contribution is 2.21. The first-order valence-corrected chi connectivity index (χ1v) is 8.75. The number of ether oxygens (including phenoxy) is 1. The number of urea groups is 1. The Morgan fingerprint density at radius 2 is 2.17 bits per heavy atom. The SMILES string of the molecule is O=C(NCc1cccc(N2CCCCC2=O)c1)NCC1CCCO1. The average molecular weight is 331 g/mol. The van der Waals surface area contributed by atoms with Gasteiger partial charge in [0.15, 0.2) is 0 Å². The summed E-state index contributed by atoms with van der Waals surface area (Å²) < 4.78 is 5.48. The molecule has 24 heavy (non-hydrogen) atoms. The van der Waals surface area contributed by atoms with Crippen molar-refractivity contribution >= 4 is 17.6 Å². The van der Waals surface area contributed by atoms with Crippen molar-refractivity contribution in [3.8, 4) is 0 Å². The van der Waals surface area contributed by atoms with E-state index in [1.54, 1.807) is 0 Å². The third kappa shape index (κ3) is 4.47. The summed E-state index contributed by atoms with van der Waals surface area (Å²) in [4.78, 5) is 25.7. The lowest BCUT2D eigenvalue weighted by Gasteiger charge is -2.27. The number of nitrogens with zero attached hydrogens (tertiary/aromatic N) is 1. The summed E-state index contributed by atoms with van der Waals surface area (Å²) in [6.45, 7) is 2.55. The van der Waals surface area contributed by atoms with E-state index in [1.807, 2.05) is 29.2 Å². The van der Waals surface area contributed by atoms with Gasteiger partial charge >= 0.3 is 6.03 Å². The molecule has 0 aromatic heterocycles. The number of benzene rings is 1. The molecule has 3 rings (SSSR count). The van der Waals surface area contributed by atoms with Crippen molar-refractivity contribution in [3.05, 3.63) is 29.8 Å². The Morgan fingerprint density at radius 1 is 1.25 bits per heavy atom. The highest BCUT2D eigenvalue weighted by Gasteiger charge is 2.19. The number of hydrogen-bond acceptors (Lipinski definition) is 3. The maximum absolute atomic E-state index is 12.0. The lowest BCUT2D eigenvalue weighted by atomic mass is 10.1. The van der Waals surface area contributed by atoms with Gasteiger partial charge < -0.3 is 20.3 Å². The molecule has 2 heterocycles. The zero-order valence-corrected chi connectivity index (χ0v) is 13.9. The number of amides is 3. The van der Waals surface area contributed by atoms with Crippen molar-refractivity contribution in [2.45, 2.75) is 44.8 Å². The molecule has 0 spiro atoms. The maximum Gasteiger partial charge on any atom is 0.315 e. The summed E-state index contributed by atoms with van der Waals surface area (Å²) in [6, 6.07) is 7.62. The summed E-state index contributed by atoms with van der Waals surface area (Å²) in [5, 5.41) is 5.70. The van der Waals surface area contributed by atoms with Gasteiger partial charge in [-0.25, -0.2) is 4.79 Å². The summed E-state index contributed by atoms with van der Waals surface area (Å²) in [5.74, 6) is 0.181. The van der Waals surface area contributed by atoms with Crippen LogP contribution in [0.1, 0.15) is 37.7 Å². The van der Waals surface area contributed by atoms with Crippen LogP contribution in [0, 0.1) is 0 Å². The molecular formula is C18H25N3O3. The molecular weight excluding hydrogens is 306 g/mol. The van der Waals surface area contributed by atoms with Crippen LogP contribution in [0.25, 0.3) is 0 Å². The Hall–Kier alpha value is -2.08. The molecule has 0 saturated carbocycles. The standard InChI is InChI=1S/C18H25N3O3/c22-17-8-1-2-9-21(17)15-6-3-5-14(11-15)12-19-18(23)20-13-16-7-4-10-24-16/h3,5-6,11,16H,1-2,4,7-10,12-13H2,(H2,19,20,23). The fourth-order valence-electron chi connectivity index (χ4n) is 3.17. The smallest absolute Gasteiger partial charge is 0.315 e. The summed E-state index contributed by atoms with van der Waals surface area (Å²) in [5.41, 5.74) is 1.90. The molecule has 0 aliphatic carbocycles. The molecule has 3 amide bonds. The van der Waals surface area contributed by atoms with Gasteiger partial charge in [0.25, 0.3) is 0 Å². The van der Waals surface area contributed by atoms with Crippen LogP contribution in [0.15, 0.2) is 24.3 Å². The molecule has 1 aromatic rings. The number of carbonyl (C=O) groups is 2. The Morgan fingerprint density at radius 3 is 2.96 bits per heavy atom. The first kappa shape index (κ1) is 16.8. The predicted molar refractivity (Wildman–Crippen MR) is 91.9 cm³/mol. The zero-order valence-electron chi connectivity index (χ0n) is 13.9. The molecule has 6 nitrogen and oxygen atoms in total. The van der Waals surface area contributed by atoms with Crippen molar-refractivity contribution in [3.63, 3.8) is 0 Å². The van der Waals surface area contributed by atoms with Crippen LogP contribution in [0.4, 0.5) is 10.5 Å². The second kappa shape index (κ2) is 8.15. The Kier molecular flexibility index (Phi) is 5.69. The highest BCUT2D eigenvalue weighted by molar-refractivity contribution is 5.94. The molecule has 2 saturated heterocycles. The van der Waals surface area contributed by atoms with Crippen LogP contribution in [0.2, 0.25) is 0 Å². The Bertz CT molecular complexity index is 585. The van der Waals surface area contributed by atoms with Crippen LogP contribution in [0.3, 0.4) is 0 Å². The first-order chi connectivity index (χ1) is 11.7. The first-order valence-electron chi connectivity index (χ1n) is 8.75. The molecule has 2 aliphatic heterocycles. The summed E-state index contributed by atoms with van der Waals surface area (Å²) >= 11 is 0. The molecule has 1 atom stereocenters. The lowest BCUT2D eigenvalue weighted by Crippen LogP contribution is -2.39. The molecule has 2 aliphatic rings. The van der Waals surface area contributed by atoms with Crippen molar-refractivity contribution < 1.29 is 14.3 Å². The topological polar surface area (TPSA) is 70.7 Å². The van der Waals surface area contributed by atoms with Crippen LogP contribution in [-0.2, 0) is 16.1 Å². The van der Waals surface area contributed by atoms with Crippen molar-refractivity contribution in [1.82, 2.24) is 10.6 Å². The lowest BCUT2D eigenvalue weighted by molar-refractivity contribution is -0.119. The highest BCUT2D eigenvalue weighted by atomic mass is 16.5. The van der Waals surface area contributed by atoms with E-state index in [1.165, 1.54) is 0 Å². The average Bonchev–Trinajstić information content (AvgIpc) is 3.12. The van der Waals surface area contributed by atoms with Gasteiger partial charge in [0.2, 0.25) is 5.91 Å². The van der Waals surface area contributed by atoms with Gasteiger partial charge in [-0.1, -0.05) is 12.1 Å². The van der Waals surface area contributed by atoms with E-state index in [2.05, 4.69) is 10.6 Å². The van der Waals surface area contributed by atoms with Crippen molar-refractivity contribution in [2.24, 2.45) is 0 Å². The quantitative estimate of drug-likeness (QED) is 0.869. The van der Waals surface area contributed by atoms with Gasteiger partial charge in [0, 0.05) is 38.3 Å². The minimum Gasteiger partial charge on any atom is -0.376 e. The normalized spacial score (nSPS) is 20.9. The molecule has 130 valence electrons. The van der Waals surface area contributed by atoms with E-state index in [4.69, 9.17) is 4.74 Å². The number of anilines is 1. The molecule has 1 aromatic carbocycles. The predicted octanol–water partition coefficient (Wildman–Crippen LogP) is 2.18. The van der Waals surface area contributed by atoms with E-state index in [-0.39, 0.29) is 18.0 Å². The van der Waals surface area contributed by atoms with Gasteiger partial charge in [-0.3, -0.25) is 4.79 Å². The second-order valence-electron chi connectivity index (χ2n) is 6.37. The molecule has 2 N–H and O–H groups in total. The van der Waals surface area contributed by atoms with E-state index in [0.29, 0.717) is 19.5 Å². The Labute approximate surface area is 142 Å². The van der Waals surface area contributed by atoms with Crippen molar-refractivity contribution in [1.29, 1.82) is 0 Å². The van der Waals surface area contributed by atoms with Crippen LogP contribution >= 0.6 is 0 Å². The van der Waals surface area contributed by atoms with Crippen molar-refractivity contribution in [2.75, 3.05) is 24.6 Å². The van der Waals surface area contributed by atoms with E-state index >= 15 is 0 Å². The molecule has 2 fully saturated rings. The zero-order chi connectivity index (χ0) is 16.8. The number of piperidine rings is 1.